The van der Waals surface area contributed by atoms with Crippen LogP contribution in [0.4, 0.5) is 5.82 Å². The van der Waals surface area contributed by atoms with E-state index < -0.39 is 0 Å². The van der Waals surface area contributed by atoms with E-state index in [4.69, 9.17) is 0 Å². The summed E-state index contributed by atoms with van der Waals surface area (Å²) in [5, 5.41) is 7.34. The smallest absolute Gasteiger partial charge is 0.148 e. The van der Waals surface area contributed by atoms with Crippen LogP contribution in [0.3, 0.4) is 0 Å². The number of nitrogens with one attached hydrogen (secondary N) is 1. The highest BCUT2D eigenvalue weighted by Gasteiger charge is 1.96. The molecule has 0 saturated heterocycles. The van der Waals surface area contributed by atoms with Gasteiger partial charge in [-0.1, -0.05) is 0 Å². The van der Waals surface area contributed by atoms with Gasteiger partial charge in [-0.2, -0.15) is 5.10 Å². The van der Waals surface area contributed by atoms with Crippen molar-refractivity contribution in [2.75, 3.05) is 11.9 Å². The van der Waals surface area contributed by atoms with Crippen molar-refractivity contribution in [3.8, 4) is 0 Å². The number of anilines is 1. The van der Waals surface area contributed by atoms with Crippen LogP contribution >= 0.6 is 0 Å². The first kappa shape index (κ1) is 7.12. The molecule has 0 amide bonds. The van der Waals surface area contributed by atoms with E-state index in [-0.39, 0.29) is 0 Å². The van der Waals surface area contributed by atoms with Crippen LogP contribution in [-0.4, -0.2) is 16.3 Å². The van der Waals surface area contributed by atoms with Crippen LogP contribution in [-0.2, 0) is 7.05 Å². The number of rotatable bonds is 2. The van der Waals surface area contributed by atoms with Gasteiger partial charge in [-0.3, -0.25) is 4.68 Å². The van der Waals surface area contributed by atoms with E-state index in [1.165, 1.54) is 5.69 Å². The molecule has 0 saturated carbocycles. The first-order valence-corrected chi connectivity index (χ1v) is 3.48. The largest absolute Gasteiger partial charge is 0.369 e. The quantitative estimate of drug-likeness (QED) is 0.666. The SMILES string of the molecule is CCNc1cc(C)n(C)n1. The Morgan fingerprint density at radius 2 is 2.40 bits per heavy atom. The zero-order valence-electron chi connectivity index (χ0n) is 6.68. The lowest BCUT2D eigenvalue weighted by molar-refractivity contribution is 0.741. The van der Waals surface area contributed by atoms with Crippen LogP contribution in [0, 0.1) is 6.92 Å². The fourth-order valence-corrected chi connectivity index (χ4v) is 0.828. The summed E-state index contributed by atoms with van der Waals surface area (Å²) in [4.78, 5) is 0. The molecule has 0 aliphatic heterocycles. The Balaban J connectivity index is 2.77. The molecule has 0 spiro atoms. The molecule has 56 valence electrons. The fraction of sp³-hybridized carbons (Fsp3) is 0.571. The van der Waals surface area contributed by atoms with Gasteiger partial charge in [-0.15, -0.1) is 0 Å². The molecule has 0 aliphatic carbocycles. The van der Waals surface area contributed by atoms with E-state index in [1.54, 1.807) is 0 Å². The molecule has 1 rings (SSSR count). The van der Waals surface area contributed by atoms with Gasteiger partial charge in [0, 0.05) is 25.4 Å². The summed E-state index contributed by atoms with van der Waals surface area (Å²) in [7, 11) is 1.94. The van der Waals surface area contributed by atoms with E-state index >= 15 is 0 Å². The van der Waals surface area contributed by atoms with Gasteiger partial charge in [0.15, 0.2) is 0 Å². The van der Waals surface area contributed by atoms with Crippen LogP contribution in [0.15, 0.2) is 6.07 Å². The molecule has 1 heterocycles. The van der Waals surface area contributed by atoms with Crippen molar-refractivity contribution in [3.05, 3.63) is 11.8 Å². The molecule has 1 aromatic heterocycles. The van der Waals surface area contributed by atoms with Crippen molar-refractivity contribution >= 4 is 5.82 Å². The molecule has 1 aromatic rings. The number of aryl methyl sites for hydroxylation is 2. The monoisotopic (exact) mass is 139 g/mol. The average Bonchev–Trinajstić information content (AvgIpc) is 2.14. The first-order chi connectivity index (χ1) is 4.74. The summed E-state index contributed by atoms with van der Waals surface area (Å²) in [6, 6.07) is 2.03. The molecule has 1 N–H and O–H groups in total. The van der Waals surface area contributed by atoms with Gasteiger partial charge < -0.3 is 5.32 Å². The van der Waals surface area contributed by atoms with Gasteiger partial charge >= 0.3 is 0 Å². The van der Waals surface area contributed by atoms with Crippen LogP contribution in [0.5, 0.6) is 0 Å². The summed E-state index contributed by atoms with van der Waals surface area (Å²) in [5.74, 6) is 0.961. The van der Waals surface area contributed by atoms with E-state index in [2.05, 4.69) is 17.3 Å². The van der Waals surface area contributed by atoms with E-state index in [0.717, 1.165) is 12.4 Å². The highest BCUT2D eigenvalue weighted by molar-refractivity contribution is 5.34. The van der Waals surface area contributed by atoms with Gasteiger partial charge in [-0.25, -0.2) is 0 Å². The van der Waals surface area contributed by atoms with Crippen LogP contribution in [0.2, 0.25) is 0 Å². The third-order valence-corrected chi connectivity index (χ3v) is 1.47. The van der Waals surface area contributed by atoms with Crippen molar-refractivity contribution in [1.29, 1.82) is 0 Å². The zero-order valence-corrected chi connectivity index (χ0v) is 6.68. The van der Waals surface area contributed by atoms with Crippen molar-refractivity contribution in [3.63, 3.8) is 0 Å². The number of aromatic nitrogens is 2. The minimum atomic E-state index is 0.927. The van der Waals surface area contributed by atoms with E-state index in [1.807, 2.05) is 24.7 Å². The van der Waals surface area contributed by atoms with Crippen molar-refractivity contribution < 1.29 is 0 Å². The minimum Gasteiger partial charge on any atom is -0.369 e. The maximum absolute atomic E-state index is 4.21. The summed E-state index contributed by atoms with van der Waals surface area (Å²) in [5.41, 5.74) is 1.18. The number of nitrogens with zero attached hydrogens (tertiary/aromatic N) is 2. The van der Waals surface area contributed by atoms with Crippen molar-refractivity contribution in [2.45, 2.75) is 13.8 Å². The molecule has 3 nitrogen and oxygen atoms in total. The molecule has 10 heavy (non-hydrogen) atoms. The Labute approximate surface area is 61.0 Å². The second-order valence-corrected chi connectivity index (χ2v) is 2.32. The molecule has 0 aromatic carbocycles. The third kappa shape index (κ3) is 1.29. The Hall–Kier alpha value is -0.990. The summed E-state index contributed by atoms with van der Waals surface area (Å²) in [6.07, 6.45) is 0. The van der Waals surface area contributed by atoms with Crippen LogP contribution in [0.25, 0.3) is 0 Å². The molecule has 0 unspecified atom stereocenters. The maximum Gasteiger partial charge on any atom is 0.148 e. The second-order valence-electron chi connectivity index (χ2n) is 2.32. The van der Waals surface area contributed by atoms with Crippen LogP contribution in [0.1, 0.15) is 12.6 Å². The minimum absolute atomic E-state index is 0.927. The van der Waals surface area contributed by atoms with E-state index in [0.29, 0.717) is 0 Å². The van der Waals surface area contributed by atoms with Crippen molar-refractivity contribution in [1.82, 2.24) is 9.78 Å². The molecular weight excluding hydrogens is 126 g/mol. The van der Waals surface area contributed by atoms with Crippen LogP contribution < -0.4 is 5.32 Å². The highest BCUT2D eigenvalue weighted by Crippen LogP contribution is 2.05. The number of hydrogen-bond donors (Lipinski definition) is 1. The summed E-state index contributed by atoms with van der Waals surface area (Å²) in [6.45, 7) is 5.02. The Kier molecular flexibility index (Phi) is 1.94. The Bertz CT molecular complexity index is 195. The molecule has 0 fully saturated rings. The number of hydrogen-bond acceptors (Lipinski definition) is 2. The first-order valence-electron chi connectivity index (χ1n) is 3.48. The summed E-state index contributed by atoms with van der Waals surface area (Å²) < 4.78 is 1.86. The average molecular weight is 139 g/mol. The normalized spacial score (nSPS) is 9.90. The lowest BCUT2D eigenvalue weighted by atomic mass is 10.4. The lowest BCUT2D eigenvalue weighted by Crippen LogP contribution is -1.98. The zero-order chi connectivity index (χ0) is 7.56. The molecule has 0 bridgehead atoms. The Morgan fingerprint density at radius 1 is 1.70 bits per heavy atom. The van der Waals surface area contributed by atoms with Gasteiger partial charge in [0.1, 0.15) is 5.82 Å². The predicted molar refractivity (Wildman–Crippen MR) is 42.1 cm³/mol. The molecule has 3 heteroatoms. The molecule has 0 aliphatic rings. The highest BCUT2D eigenvalue weighted by atomic mass is 15.3. The molecule has 0 radical (unpaired) electrons. The van der Waals surface area contributed by atoms with Gasteiger partial charge in [-0.05, 0) is 13.8 Å². The second kappa shape index (κ2) is 2.73. The van der Waals surface area contributed by atoms with E-state index in [9.17, 15) is 0 Å². The molecular formula is C7H13N3. The fourth-order valence-electron chi connectivity index (χ4n) is 0.828. The van der Waals surface area contributed by atoms with Gasteiger partial charge in [0.2, 0.25) is 0 Å². The van der Waals surface area contributed by atoms with Crippen molar-refractivity contribution in [2.24, 2.45) is 7.05 Å². The topological polar surface area (TPSA) is 29.9 Å². The molecule has 0 atom stereocenters. The third-order valence-electron chi connectivity index (χ3n) is 1.47. The maximum atomic E-state index is 4.21. The Morgan fingerprint density at radius 3 is 2.80 bits per heavy atom. The predicted octanol–water partition coefficient (Wildman–Crippen LogP) is 1.16. The standard InChI is InChI=1S/C7H13N3/c1-4-8-7-5-6(2)10(3)9-7/h5H,4H2,1-3H3,(H,8,9). The van der Waals surface area contributed by atoms with Gasteiger partial charge in [0.25, 0.3) is 0 Å². The lowest BCUT2D eigenvalue weighted by Gasteiger charge is -1.93. The summed E-state index contributed by atoms with van der Waals surface area (Å²) >= 11 is 0. The van der Waals surface area contributed by atoms with Gasteiger partial charge in [0.05, 0.1) is 0 Å².